The van der Waals surface area contributed by atoms with Crippen molar-refractivity contribution in [3.05, 3.63) is 35.4 Å². The van der Waals surface area contributed by atoms with E-state index in [2.05, 4.69) is 25.0 Å². The van der Waals surface area contributed by atoms with Gasteiger partial charge in [0.25, 0.3) is 0 Å². The van der Waals surface area contributed by atoms with Crippen LogP contribution in [0.3, 0.4) is 0 Å². The molecule has 0 amide bonds. The molecule has 0 N–H and O–H groups in total. The molecule has 0 radical (unpaired) electrons. The minimum atomic E-state index is 0.989. The van der Waals surface area contributed by atoms with E-state index >= 15 is 0 Å². The molecule has 0 aliphatic carbocycles. The van der Waals surface area contributed by atoms with E-state index in [1.54, 1.807) is 0 Å². The highest BCUT2D eigenvalue weighted by molar-refractivity contribution is 5.35. The highest BCUT2D eigenvalue weighted by atomic mass is 14.0. The fourth-order valence-electron chi connectivity index (χ4n) is 1.20. The molecule has 1 aromatic carbocycles. The van der Waals surface area contributed by atoms with Crippen LogP contribution in [0.15, 0.2) is 24.3 Å². The van der Waals surface area contributed by atoms with Crippen molar-refractivity contribution in [1.82, 2.24) is 0 Å². The van der Waals surface area contributed by atoms with Crippen LogP contribution in [0.1, 0.15) is 30.9 Å². The summed E-state index contributed by atoms with van der Waals surface area (Å²) in [5, 5.41) is 0. The third kappa shape index (κ3) is 2.43. The number of rotatable bonds is 3. The van der Waals surface area contributed by atoms with Crippen molar-refractivity contribution in [3.63, 3.8) is 0 Å². The largest absolute Gasteiger partial charge is 0.115 e. The lowest BCUT2D eigenvalue weighted by atomic mass is 10.1. The molecule has 0 spiro atoms. The first-order chi connectivity index (χ1) is 5.86. The fourth-order valence-corrected chi connectivity index (χ4v) is 1.20. The van der Waals surface area contributed by atoms with Gasteiger partial charge in [0.15, 0.2) is 0 Å². The summed E-state index contributed by atoms with van der Waals surface area (Å²) in [4.78, 5) is 0. The zero-order valence-electron chi connectivity index (χ0n) is 7.51. The van der Waals surface area contributed by atoms with Crippen molar-refractivity contribution in [2.75, 3.05) is 0 Å². The van der Waals surface area contributed by atoms with Crippen LogP contribution in [-0.4, -0.2) is 0 Å². The summed E-state index contributed by atoms with van der Waals surface area (Å²) in [6.45, 7) is 2.20. The van der Waals surface area contributed by atoms with Gasteiger partial charge in [-0.15, -0.1) is 6.42 Å². The van der Waals surface area contributed by atoms with E-state index in [-0.39, 0.29) is 0 Å². The van der Waals surface area contributed by atoms with Crippen molar-refractivity contribution in [2.45, 2.75) is 26.2 Å². The third-order valence-corrected chi connectivity index (χ3v) is 1.91. The van der Waals surface area contributed by atoms with E-state index in [1.807, 2.05) is 12.1 Å². The van der Waals surface area contributed by atoms with Gasteiger partial charge in [-0.3, -0.25) is 0 Å². The topological polar surface area (TPSA) is 0 Å². The lowest BCUT2D eigenvalue weighted by Gasteiger charge is -1.99. The maximum atomic E-state index is 5.30. The molecule has 0 saturated heterocycles. The summed E-state index contributed by atoms with van der Waals surface area (Å²) in [7, 11) is 0. The number of aryl methyl sites for hydroxylation is 1. The predicted molar refractivity (Wildman–Crippen MR) is 53.0 cm³/mol. The molecule has 1 rings (SSSR count). The Bertz CT molecular complexity index is 278. The fraction of sp³-hybridized carbons (Fsp3) is 0.333. The van der Waals surface area contributed by atoms with Crippen molar-refractivity contribution >= 4 is 0 Å². The second kappa shape index (κ2) is 4.62. The summed E-state index contributed by atoms with van der Waals surface area (Å²) >= 11 is 0. The summed E-state index contributed by atoms with van der Waals surface area (Å²) in [6.07, 6.45) is 8.92. The number of hydrogen-bond acceptors (Lipinski definition) is 0. The van der Waals surface area contributed by atoms with E-state index in [1.165, 1.54) is 18.4 Å². The Morgan fingerprint density at radius 1 is 1.42 bits per heavy atom. The average molecular weight is 158 g/mol. The summed E-state index contributed by atoms with van der Waals surface area (Å²) < 4.78 is 0. The molecule has 0 unspecified atom stereocenters. The van der Waals surface area contributed by atoms with Crippen molar-refractivity contribution < 1.29 is 0 Å². The molecular formula is C12H14. The van der Waals surface area contributed by atoms with Gasteiger partial charge in [0.1, 0.15) is 0 Å². The Kier molecular flexibility index (Phi) is 3.41. The van der Waals surface area contributed by atoms with Crippen molar-refractivity contribution in [3.8, 4) is 12.3 Å². The number of terminal acetylenes is 1. The van der Waals surface area contributed by atoms with Gasteiger partial charge in [-0.25, -0.2) is 0 Å². The molecule has 0 fully saturated rings. The van der Waals surface area contributed by atoms with Gasteiger partial charge in [0, 0.05) is 5.56 Å². The third-order valence-electron chi connectivity index (χ3n) is 1.91. The highest BCUT2D eigenvalue weighted by Gasteiger charge is 1.92. The Morgan fingerprint density at radius 3 is 2.92 bits per heavy atom. The predicted octanol–water partition coefficient (Wildman–Crippen LogP) is 3.01. The lowest BCUT2D eigenvalue weighted by molar-refractivity contribution is 0.795. The zero-order chi connectivity index (χ0) is 8.81. The maximum Gasteiger partial charge on any atom is 0.0245 e. The summed E-state index contributed by atoms with van der Waals surface area (Å²) in [6, 6.07) is 8.22. The maximum absolute atomic E-state index is 5.30. The smallest absolute Gasteiger partial charge is 0.0245 e. The molecule has 0 aliphatic heterocycles. The second-order valence-corrected chi connectivity index (χ2v) is 2.95. The zero-order valence-corrected chi connectivity index (χ0v) is 7.51. The quantitative estimate of drug-likeness (QED) is 0.593. The standard InChI is InChI=1S/C12H14/c1-3-5-7-12-9-6-8-11(4-2)10-12/h2,6,8-10H,3,5,7H2,1H3. The van der Waals surface area contributed by atoms with Crippen LogP contribution in [0.5, 0.6) is 0 Å². The van der Waals surface area contributed by atoms with E-state index in [9.17, 15) is 0 Å². The van der Waals surface area contributed by atoms with Crippen LogP contribution < -0.4 is 0 Å². The first kappa shape index (κ1) is 8.87. The molecule has 62 valence electrons. The Balaban J connectivity index is 2.68. The van der Waals surface area contributed by atoms with E-state index < -0.39 is 0 Å². The molecule has 0 saturated carbocycles. The Hall–Kier alpha value is -1.22. The molecule has 1 aromatic rings. The van der Waals surface area contributed by atoms with E-state index in [4.69, 9.17) is 6.42 Å². The SMILES string of the molecule is C#Cc1cccc(CCCC)c1. The van der Waals surface area contributed by atoms with Gasteiger partial charge >= 0.3 is 0 Å². The molecule has 0 heterocycles. The first-order valence-corrected chi connectivity index (χ1v) is 4.42. The van der Waals surface area contributed by atoms with Gasteiger partial charge in [-0.1, -0.05) is 31.4 Å². The van der Waals surface area contributed by atoms with Crippen LogP contribution >= 0.6 is 0 Å². The van der Waals surface area contributed by atoms with Gasteiger partial charge in [-0.05, 0) is 30.5 Å². The first-order valence-electron chi connectivity index (χ1n) is 4.42. The van der Waals surface area contributed by atoms with Gasteiger partial charge in [-0.2, -0.15) is 0 Å². The van der Waals surface area contributed by atoms with Crippen LogP contribution in [-0.2, 0) is 6.42 Å². The lowest BCUT2D eigenvalue weighted by Crippen LogP contribution is -1.85. The minimum Gasteiger partial charge on any atom is -0.115 e. The molecule has 0 aliphatic rings. The van der Waals surface area contributed by atoms with Gasteiger partial charge in [0.2, 0.25) is 0 Å². The molecule has 0 aromatic heterocycles. The summed E-state index contributed by atoms with van der Waals surface area (Å²) in [5.41, 5.74) is 2.34. The molecule has 0 nitrogen and oxygen atoms in total. The Morgan fingerprint density at radius 2 is 2.25 bits per heavy atom. The van der Waals surface area contributed by atoms with Crippen LogP contribution in [0.25, 0.3) is 0 Å². The van der Waals surface area contributed by atoms with Crippen molar-refractivity contribution in [1.29, 1.82) is 0 Å². The normalized spacial score (nSPS) is 9.33. The molecule has 0 bridgehead atoms. The van der Waals surface area contributed by atoms with E-state index in [0.29, 0.717) is 0 Å². The summed E-state index contributed by atoms with van der Waals surface area (Å²) in [5.74, 6) is 2.64. The minimum absolute atomic E-state index is 0.989. The number of benzene rings is 1. The van der Waals surface area contributed by atoms with Gasteiger partial charge in [0.05, 0.1) is 0 Å². The van der Waals surface area contributed by atoms with Crippen LogP contribution in [0, 0.1) is 12.3 Å². The van der Waals surface area contributed by atoms with Crippen LogP contribution in [0.2, 0.25) is 0 Å². The molecule has 0 heteroatoms. The molecular weight excluding hydrogens is 144 g/mol. The highest BCUT2D eigenvalue weighted by Crippen LogP contribution is 2.07. The monoisotopic (exact) mass is 158 g/mol. The average Bonchev–Trinajstić information content (AvgIpc) is 2.15. The van der Waals surface area contributed by atoms with Gasteiger partial charge < -0.3 is 0 Å². The number of unbranched alkanes of at least 4 members (excludes halogenated alkanes) is 1. The van der Waals surface area contributed by atoms with Crippen molar-refractivity contribution in [2.24, 2.45) is 0 Å². The van der Waals surface area contributed by atoms with Crippen LogP contribution in [0.4, 0.5) is 0 Å². The molecule has 0 atom stereocenters. The number of hydrogen-bond donors (Lipinski definition) is 0. The Labute approximate surface area is 74.6 Å². The second-order valence-electron chi connectivity index (χ2n) is 2.95. The van der Waals surface area contributed by atoms with E-state index in [0.717, 1.165) is 12.0 Å². The molecule has 12 heavy (non-hydrogen) atoms.